The highest BCUT2D eigenvalue weighted by Crippen LogP contribution is 2.26. The molecule has 0 unspecified atom stereocenters. The molecule has 1 aromatic carbocycles. The number of nitrogen functional groups attached to an aromatic ring is 1. The van der Waals surface area contributed by atoms with Crippen LogP contribution in [0.5, 0.6) is 5.75 Å². The summed E-state index contributed by atoms with van der Waals surface area (Å²) in [4.78, 5) is 13.1. The second-order valence-corrected chi connectivity index (χ2v) is 6.00. The molecule has 3 rings (SSSR count). The van der Waals surface area contributed by atoms with Crippen molar-refractivity contribution in [1.82, 2.24) is 15.0 Å². The third kappa shape index (κ3) is 5.16. The van der Waals surface area contributed by atoms with Gasteiger partial charge in [-0.15, -0.1) is 0 Å². The van der Waals surface area contributed by atoms with Crippen LogP contribution in [0.1, 0.15) is 24.7 Å². The Balaban J connectivity index is 1.93. The van der Waals surface area contributed by atoms with Gasteiger partial charge in [0.15, 0.2) is 0 Å². The average molecular weight is 398 g/mol. The van der Waals surface area contributed by atoms with E-state index in [1.165, 1.54) is 12.1 Å². The van der Waals surface area contributed by atoms with E-state index in [9.17, 15) is 8.78 Å². The molecule has 0 aliphatic carbocycles. The summed E-state index contributed by atoms with van der Waals surface area (Å²) in [6.45, 7) is -0.945. The molecule has 150 valence electrons. The summed E-state index contributed by atoms with van der Waals surface area (Å²) in [7, 11) is 0. The van der Waals surface area contributed by atoms with Gasteiger partial charge in [0.1, 0.15) is 11.6 Å². The third-order valence-corrected chi connectivity index (χ3v) is 3.96. The van der Waals surface area contributed by atoms with Crippen molar-refractivity contribution in [1.29, 1.82) is 0 Å². The Morgan fingerprint density at radius 3 is 2.48 bits per heavy atom. The quantitative estimate of drug-likeness (QED) is 0.553. The molecule has 29 heavy (non-hydrogen) atoms. The Hall–Kier alpha value is -3.75. The maximum atomic E-state index is 12.3. The highest BCUT2D eigenvalue weighted by atomic mass is 19.3. The van der Waals surface area contributed by atoms with Gasteiger partial charge in [0, 0.05) is 29.2 Å². The van der Waals surface area contributed by atoms with Crippen molar-refractivity contribution in [3.63, 3.8) is 0 Å². The molecule has 2 heterocycles. The normalized spacial score (nSPS) is 11.9. The van der Waals surface area contributed by atoms with Crippen LogP contribution in [0.25, 0.3) is 5.57 Å². The van der Waals surface area contributed by atoms with Crippen LogP contribution >= 0.6 is 0 Å². The van der Waals surface area contributed by atoms with Crippen LogP contribution < -0.4 is 21.5 Å². The van der Waals surface area contributed by atoms with Crippen LogP contribution in [0, 0.1) is 0 Å². The van der Waals surface area contributed by atoms with E-state index in [1.54, 1.807) is 24.4 Å². The number of benzene rings is 1. The van der Waals surface area contributed by atoms with Gasteiger partial charge in [-0.1, -0.05) is 13.0 Å². The summed E-state index contributed by atoms with van der Waals surface area (Å²) in [5.41, 5.74) is 15.3. The summed E-state index contributed by atoms with van der Waals surface area (Å²) in [5.74, 6) is 0.531. The number of nitrogens with zero attached hydrogens (tertiary/aromatic N) is 3. The van der Waals surface area contributed by atoms with Crippen molar-refractivity contribution in [2.75, 3.05) is 11.1 Å². The molecule has 5 N–H and O–H groups in total. The largest absolute Gasteiger partial charge is 0.435 e. The van der Waals surface area contributed by atoms with Gasteiger partial charge < -0.3 is 21.5 Å². The summed E-state index contributed by atoms with van der Waals surface area (Å²) in [6, 6.07) is 13.1. The number of anilines is 3. The molecule has 7 nitrogen and oxygen atoms in total. The fourth-order valence-corrected chi connectivity index (χ4v) is 2.65. The molecule has 0 amide bonds. The Bertz CT molecular complexity index is 994. The number of nitrogens with one attached hydrogen (secondary N) is 1. The van der Waals surface area contributed by atoms with Crippen LogP contribution in [0.15, 0.2) is 60.4 Å². The summed E-state index contributed by atoms with van der Waals surface area (Å²) in [6.07, 6.45) is 2.27. The van der Waals surface area contributed by atoms with Crippen LogP contribution in [0.2, 0.25) is 0 Å². The fourth-order valence-electron chi connectivity index (χ4n) is 2.65. The maximum Gasteiger partial charge on any atom is 0.387 e. The molecule has 0 bridgehead atoms. The number of nitrogens with two attached hydrogens (primary N) is 2. The monoisotopic (exact) mass is 398 g/mol. The number of ether oxygens (including phenoxy) is 1. The number of alkyl halides is 2. The Kier molecular flexibility index (Phi) is 6.18. The Morgan fingerprint density at radius 1 is 1.10 bits per heavy atom. The topological polar surface area (TPSA) is 112 Å². The minimum atomic E-state index is -2.88. The molecular formula is C20H20F2N6O. The molecule has 0 saturated heterocycles. The standard InChI is InChI=1S/C20H20F2N6O/c1-2-14(23)18(15-5-3-4-10-25-15)16-11-17(24)28-20(27-16)26-12-6-8-13(9-7-12)29-19(21)22/h3-11,19H,2,23H2,1H3,(H3,24,26,27,28). The van der Waals surface area contributed by atoms with E-state index in [4.69, 9.17) is 11.5 Å². The van der Waals surface area contributed by atoms with E-state index >= 15 is 0 Å². The first-order valence-corrected chi connectivity index (χ1v) is 8.83. The van der Waals surface area contributed by atoms with E-state index in [0.717, 1.165) is 0 Å². The van der Waals surface area contributed by atoms with Crippen molar-refractivity contribution in [2.24, 2.45) is 5.73 Å². The number of hydrogen-bond donors (Lipinski definition) is 3. The van der Waals surface area contributed by atoms with E-state index < -0.39 is 6.61 Å². The first-order chi connectivity index (χ1) is 14.0. The molecule has 0 aliphatic heterocycles. The van der Waals surface area contributed by atoms with Gasteiger partial charge in [0.2, 0.25) is 5.95 Å². The smallest absolute Gasteiger partial charge is 0.387 e. The molecule has 0 fully saturated rings. The summed E-state index contributed by atoms with van der Waals surface area (Å²) < 4.78 is 28.9. The van der Waals surface area contributed by atoms with Gasteiger partial charge in [0.05, 0.1) is 11.4 Å². The second kappa shape index (κ2) is 8.96. The highest BCUT2D eigenvalue weighted by molar-refractivity contribution is 5.79. The van der Waals surface area contributed by atoms with Gasteiger partial charge in [-0.05, 0) is 42.8 Å². The lowest BCUT2D eigenvalue weighted by molar-refractivity contribution is -0.0498. The number of aromatic nitrogens is 3. The SMILES string of the molecule is CCC(N)=C(c1ccccn1)c1cc(N)nc(Nc2ccc(OC(F)F)cc2)n1. The van der Waals surface area contributed by atoms with E-state index in [0.29, 0.717) is 34.8 Å². The summed E-state index contributed by atoms with van der Waals surface area (Å²) in [5, 5.41) is 3.00. The zero-order valence-corrected chi connectivity index (χ0v) is 15.6. The van der Waals surface area contributed by atoms with Gasteiger partial charge >= 0.3 is 6.61 Å². The molecule has 0 atom stereocenters. The first kappa shape index (κ1) is 20.0. The van der Waals surface area contributed by atoms with Crippen molar-refractivity contribution in [3.8, 4) is 5.75 Å². The maximum absolute atomic E-state index is 12.3. The molecule has 0 aliphatic rings. The molecule has 0 radical (unpaired) electrons. The number of rotatable bonds is 7. The number of pyridine rings is 1. The zero-order valence-electron chi connectivity index (χ0n) is 15.6. The lowest BCUT2D eigenvalue weighted by atomic mass is 10.0. The van der Waals surface area contributed by atoms with Crippen LogP contribution in [-0.2, 0) is 0 Å². The molecule has 9 heteroatoms. The number of allylic oxidation sites excluding steroid dienone is 1. The van der Waals surface area contributed by atoms with Crippen LogP contribution in [-0.4, -0.2) is 21.6 Å². The predicted octanol–water partition coefficient (Wildman–Crippen LogP) is 3.93. The van der Waals surface area contributed by atoms with E-state index in [1.807, 2.05) is 25.1 Å². The highest BCUT2D eigenvalue weighted by Gasteiger charge is 2.14. The van der Waals surface area contributed by atoms with Gasteiger partial charge in [0.25, 0.3) is 0 Å². The minimum absolute atomic E-state index is 0.0517. The van der Waals surface area contributed by atoms with Gasteiger partial charge in [-0.2, -0.15) is 13.8 Å². The number of hydrogen-bond acceptors (Lipinski definition) is 7. The molecule has 2 aromatic heterocycles. The first-order valence-electron chi connectivity index (χ1n) is 8.83. The van der Waals surface area contributed by atoms with Crippen LogP contribution in [0.3, 0.4) is 0 Å². The molecule has 0 saturated carbocycles. The van der Waals surface area contributed by atoms with Crippen molar-refractivity contribution in [2.45, 2.75) is 20.0 Å². The molecule has 0 spiro atoms. The van der Waals surface area contributed by atoms with Crippen LogP contribution in [0.4, 0.5) is 26.2 Å². The number of halogens is 2. The van der Waals surface area contributed by atoms with Crippen molar-refractivity contribution < 1.29 is 13.5 Å². The zero-order chi connectivity index (χ0) is 20.8. The fraction of sp³-hybridized carbons (Fsp3) is 0.150. The summed E-state index contributed by atoms with van der Waals surface area (Å²) >= 11 is 0. The molecule has 3 aromatic rings. The minimum Gasteiger partial charge on any atom is -0.435 e. The lowest BCUT2D eigenvalue weighted by Gasteiger charge is -2.13. The van der Waals surface area contributed by atoms with Crippen molar-refractivity contribution >= 4 is 23.0 Å². The average Bonchev–Trinajstić information content (AvgIpc) is 2.69. The Morgan fingerprint density at radius 2 is 1.86 bits per heavy atom. The van der Waals surface area contributed by atoms with Crippen molar-refractivity contribution in [3.05, 3.63) is 71.8 Å². The Labute approximate surface area is 166 Å². The predicted molar refractivity (Wildman–Crippen MR) is 108 cm³/mol. The van der Waals surface area contributed by atoms with E-state index in [-0.39, 0.29) is 17.5 Å². The molecular weight excluding hydrogens is 378 g/mol. The van der Waals surface area contributed by atoms with E-state index in [2.05, 4.69) is 25.0 Å². The van der Waals surface area contributed by atoms with Gasteiger partial charge in [-0.25, -0.2) is 4.98 Å². The second-order valence-electron chi connectivity index (χ2n) is 6.00. The third-order valence-electron chi connectivity index (χ3n) is 3.96. The van der Waals surface area contributed by atoms with Gasteiger partial charge in [-0.3, -0.25) is 4.98 Å². The lowest BCUT2D eigenvalue weighted by Crippen LogP contribution is -2.08.